The van der Waals surface area contributed by atoms with Gasteiger partial charge >= 0.3 is 5.97 Å². The van der Waals surface area contributed by atoms with Gasteiger partial charge in [-0.25, -0.2) is 21.6 Å². The molecule has 0 radical (unpaired) electrons. The van der Waals surface area contributed by atoms with Gasteiger partial charge in [0.15, 0.2) is 6.10 Å². The van der Waals surface area contributed by atoms with Crippen molar-refractivity contribution in [1.29, 1.82) is 0 Å². The summed E-state index contributed by atoms with van der Waals surface area (Å²) in [6.45, 7) is -0.271. The molecule has 18 heavy (non-hydrogen) atoms. The number of sulfonamides is 1. The second-order valence-corrected chi connectivity index (χ2v) is 8.35. The first-order valence-corrected chi connectivity index (χ1v) is 8.79. The lowest BCUT2D eigenvalue weighted by molar-refractivity contribution is -0.153. The minimum absolute atomic E-state index is 0.0188. The number of rotatable bonds is 5. The Kier molecular flexibility index (Phi) is 4.70. The third-order valence-corrected chi connectivity index (χ3v) is 5.45. The van der Waals surface area contributed by atoms with Gasteiger partial charge in [-0.2, -0.15) is 4.31 Å². The topological polar surface area (TPSA) is 118 Å². The fourth-order valence-corrected chi connectivity index (χ4v) is 4.44. The number of aliphatic carboxylic acids is 1. The van der Waals surface area contributed by atoms with E-state index in [1.165, 1.54) is 0 Å². The second kappa shape index (κ2) is 5.51. The van der Waals surface area contributed by atoms with E-state index in [2.05, 4.69) is 0 Å². The maximum atomic E-state index is 11.8. The van der Waals surface area contributed by atoms with E-state index < -0.39 is 43.4 Å². The van der Waals surface area contributed by atoms with Crippen molar-refractivity contribution in [1.82, 2.24) is 4.31 Å². The van der Waals surface area contributed by atoms with Gasteiger partial charge in [0.25, 0.3) is 0 Å². The lowest BCUT2D eigenvalue weighted by Gasteiger charge is -2.29. The molecule has 10 heteroatoms. The van der Waals surface area contributed by atoms with Crippen molar-refractivity contribution in [3.05, 3.63) is 0 Å². The van der Waals surface area contributed by atoms with Crippen LogP contribution >= 0.6 is 0 Å². The molecule has 1 rings (SSSR count). The van der Waals surface area contributed by atoms with E-state index in [1.54, 1.807) is 0 Å². The average Bonchev–Trinajstić information content (AvgIpc) is 2.26. The van der Waals surface area contributed by atoms with Crippen LogP contribution in [0.15, 0.2) is 0 Å². The van der Waals surface area contributed by atoms with E-state index in [-0.39, 0.29) is 19.7 Å². The first kappa shape index (κ1) is 15.3. The molecule has 1 aliphatic heterocycles. The predicted octanol–water partition coefficient (Wildman–Crippen LogP) is -1.85. The molecule has 1 aliphatic rings. The summed E-state index contributed by atoms with van der Waals surface area (Å²) in [4.78, 5) is 10.7. The number of sulfone groups is 1. The van der Waals surface area contributed by atoms with Crippen molar-refractivity contribution in [2.75, 3.05) is 37.5 Å². The number of ether oxygens (including phenoxy) is 1. The Labute approximate surface area is 106 Å². The van der Waals surface area contributed by atoms with Gasteiger partial charge in [0.1, 0.15) is 9.84 Å². The van der Waals surface area contributed by atoms with E-state index in [0.29, 0.717) is 0 Å². The summed E-state index contributed by atoms with van der Waals surface area (Å²) >= 11 is 0. The van der Waals surface area contributed by atoms with Gasteiger partial charge in [-0.3, -0.25) is 0 Å². The maximum Gasteiger partial charge on any atom is 0.334 e. The number of nitrogens with zero attached hydrogens (tertiary/aromatic N) is 1. The SMILES string of the molecule is CS(=O)(=O)CCS(=O)(=O)N1CCOC(C(=O)O)C1. The first-order chi connectivity index (χ1) is 8.12. The average molecular weight is 301 g/mol. The van der Waals surface area contributed by atoms with Crippen LogP contribution in [-0.2, 0) is 29.4 Å². The fourth-order valence-electron chi connectivity index (χ4n) is 1.41. The van der Waals surface area contributed by atoms with Crippen molar-refractivity contribution in [3.63, 3.8) is 0 Å². The normalized spacial score (nSPS) is 22.8. The monoisotopic (exact) mass is 301 g/mol. The van der Waals surface area contributed by atoms with Crippen LogP contribution in [0.1, 0.15) is 0 Å². The summed E-state index contributed by atoms with van der Waals surface area (Å²) in [6, 6.07) is 0. The largest absolute Gasteiger partial charge is 0.479 e. The summed E-state index contributed by atoms with van der Waals surface area (Å²) in [5.74, 6) is -2.26. The molecule has 1 saturated heterocycles. The summed E-state index contributed by atoms with van der Waals surface area (Å²) in [5.41, 5.74) is 0. The number of carboxylic acid groups (broad SMARTS) is 1. The standard InChI is InChI=1S/C8H15NO7S2/c1-17(12,13)4-5-18(14,15)9-2-3-16-7(6-9)8(10)11/h7H,2-6H2,1H3,(H,10,11). The molecule has 0 aromatic rings. The molecular weight excluding hydrogens is 286 g/mol. The Hall–Kier alpha value is -0.710. The third kappa shape index (κ3) is 4.52. The van der Waals surface area contributed by atoms with Gasteiger partial charge in [0.2, 0.25) is 10.0 Å². The lowest BCUT2D eigenvalue weighted by atomic mass is 10.3. The zero-order chi connectivity index (χ0) is 14.0. The predicted molar refractivity (Wildman–Crippen MR) is 62.4 cm³/mol. The van der Waals surface area contributed by atoms with E-state index >= 15 is 0 Å². The molecule has 8 nitrogen and oxygen atoms in total. The summed E-state index contributed by atoms with van der Waals surface area (Å²) in [7, 11) is -7.15. The highest BCUT2D eigenvalue weighted by molar-refractivity contribution is 7.93. The van der Waals surface area contributed by atoms with E-state index in [9.17, 15) is 21.6 Å². The van der Waals surface area contributed by atoms with Crippen LogP contribution in [0.4, 0.5) is 0 Å². The molecule has 1 N–H and O–H groups in total. The summed E-state index contributed by atoms with van der Waals surface area (Å²) in [5, 5.41) is 8.74. The Morgan fingerprint density at radius 3 is 2.44 bits per heavy atom. The number of carbonyl (C=O) groups is 1. The Balaban J connectivity index is 2.70. The third-order valence-electron chi connectivity index (χ3n) is 2.41. The Morgan fingerprint density at radius 1 is 1.33 bits per heavy atom. The minimum Gasteiger partial charge on any atom is -0.479 e. The van der Waals surface area contributed by atoms with E-state index in [1.807, 2.05) is 0 Å². The molecule has 0 bridgehead atoms. The zero-order valence-corrected chi connectivity index (χ0v) is 11.4. The molecular formula is C8H15NO7S2. The van der Waals surface area contributed by atoms with Gasteiger partial charge in [-0.1, -0.05) is 0 Å². The molecule has 1 unspecified atom stereocenters. The van der Waals surface area contributed by atoms with E-state index in [0.717, 1.165) is 10.6 Å². The Morgan fingerprint density at radius 2 is 1.94 bits per heavy atom. The lowest BCUT2D eigenvalue weighted by Crippen LogP contribution is -2.49. The molecule has 0 aromatic heterocycles. The van der Waals surface area contributed by atoms with Crippen molar-refractivity contribution in [2.24, 2.45) is 0 Å². The highest BCUT2D eigenvalue weighted by Crippen LogP contribution is 2.11. The van der Waals surface area contributed by atoms with Crippen molar-refractivity contribution < 1.29 is 31.5 Å². The first-order valence-electron chi connectivity index (χ1n) is 5.12. The number of carboxylic acids is 1. The molecule has 106 valence electrons. The van der Waals surface area contributed by atoms with Crippen LogP contribution in [0.2, 0.25) is 0 Å². The maximum absolute atomic E-state index is 11.8. The van der Waals surface area contributed by atoms with E-state index in [4.69, 9.17) is 9.84 Å². The van der Waals surface area contributed by atoms with Gasteiger partial charge in [0.05, 0.1) is 24.7 Å². The Bertz CT molecular complexity index is 510. The van der Waals surface area contributed by atoms with Crippen LogP contribution in [0.25, 0.3) is 0 Å². The minimum atomic E-state index is -3.77. The van der Waals surface area contributed by atoms with Crippen molar-refractivity contribution in [2.45, 2.75) is 6.10 Å². The summed E-state index contributed by atoms with van der Waals surface area (Å²) in [6.07, 6.45) is -0.256. The summed E-state index contributed by atoms with van der Waals surface area (Å²) < 4.78 is 51.3. The molecule has 0 saturated carbocycles. The van der Waals surface area contributed by atoms with Crippen LogP contribution in [0, 0.1) is 0 Å². The molecule has 0 aliphatic carbocycles. The van der Waals surface area contributed by atoms with Crippen molar-refractivity contribution in [3.8, 4) is 0 Å². The van der Waals surface area contributed by atoms with Crippen LogP contribution in [0.5, 0.6) is 0 Å². The van der Waals surface area contributed by atoms with Gasteiger partial charge in [-0.05, 0) is 0 Å². The molecule has 1 atom stereocenters. The van der Waals surface area contributed by atoms with Gasteiger partial charge < -0.3 is 9.84 Å². The number of hydrogen-bond acceptors (Lipinski definition) is 6. The second-order valence-electron chi connectivity index (χ2n) is 4.00. The molecule has 0 aromatic carbocycles. The van der Waals surface area contributed by atoms with Crippen molar-refractivity contribution >= 4 is 25.8 Å². The molecule has 0 spiro atoms. The van der Waals surface area contributed by atoms with Crippen LogP contribution in [0.3, 0.4) is 0 Å². The smallest absolute Gasteiger partial charge is 0.334 e. The zero-order valence-electron chi connectivity index (χ0n) is 9.77. The van der Waals surface area contributed by atoms with Crippen LogP contribution in [-0.4, -0.2) is 75.8 Å². The quantitative estimate of drug-likeness (QED) is 0.633. The van der Waals surface area contributed by atoms with Gasteiger partial charge in [0, 0.05) is 12.8 Å². The fraction of sp³-hybridized carbons (Fsp3) is 0.875. The highest BCUT2D eigenvalue weighted by atomic mass is 32.2. The number of hydrogen-bond donors (Lipinski definition) is 1. The molecule has 0 amide bonds. The highest BCUT2D eigenvalue weighted by Gasteiger charge is 2.33. The van der Waals surface area contributed by atoms with Crippen LogP contribution < -0.4 is 0 Å². The number of morpholine rings is 1. The molecule has 1 fully saturated rings. The molecule has 1 heterocycles. The van der Waals surface area contributed by atoms with Gasteiger partial charge in [-0.15, -0.1) is 0 Å².